The van der Waals surface area contributed by atoms with Crippen molar-refractivity contribution in [1.29, 1.82) is 0 Å². The first-order chi connectivity index (χ1) is 17.1. The number of rotatable bonds is 4. The van der Waals surface area contributed by atoms with E-state index in [1.165, 1.54) is 45.3 Å². The first kappa shape index (κ1) is 27.5. The lowest BCUT2D eigenvalue weighted by Crippen LogP contribution is -2.41. The molecule has 0 saturated carbocycles. The van der Waals surface area contributed by atoms with Crippen molar-refractivity contribution in [3.63, 3.8) is 0 Å². The van der Waals surface area contributed by atoms with Crippen molar-refractivity contribution in [1.82, 2.24) is 15.1 Å². The fourth-order valence-electron chi connectivity index (χ4n) is 6.10. The SMILES string of the molecule is Cc1c(C(C)Nc2nnc(C)c3ccc(N4CCC5(CCN(C)C5)CC4)cc23)cccc1C(F)(F)F.Cl. The molecular weight excluding hydrogens is 499 g/mol. The number of halogens is 4. The van der Waals surface area contributed by atoms with Gasteiger partial charge < -0.3 is 15.1 Å². The molecule has 2 aromatic carbocycles. The van der Waals surface area contributed by atoms with Crippen LogP contribution in [0.1, 0.15) is 54.6 Å². The lowest BCUT2D eigenvalue weighted by molar-refractivity contribution is -0.138. The maximum atomic E-state index is 13.5. The molecule has 1 N–H and O–H groups in total. The lowest BCUT2D eigenvalue weighted by atomic mass is 9.77. The van der Waals surface area contributed by atoms with E-state index in [-0.39, 0.29) is 24.0 Å². The van der Waals surface area contributed by atoms with Crippen LogP contribution < -0.4 is 10.2 Å². The fourth-order valence-corrected chi connectivity index (χ4v) is 6.10. The second kappa shape index (κ2) is 10.3. The summed E-state index contributed by atoms with van der Waals surface area (Å²) < 4.78 is 40.4. The summed E-state index contributed by atoms with van der Waals surface area (Å²) in [6, 6.07) is 10.4. The van der Waals surface area contributed by atoms with Crippen molar-refractivity contribution < 1.29 is 13.2 Å². The van der Waals surface area contributed by atoms with E-state index in [1.54, 1.807) is 6.07 Å². The molecule has 200 valence electrons. The summed E-state index contributed by atoms with van der Waals surface area (Å²) in [6.07, 6.45) is -0.712. The molecule has 2 saturated heterocycles. The molecule has 9 heteroatoms. The van der Waals surface area contributed by atoms with Crippen LogP contribution in [-0.4, -0.2) is 48.3 Å². The Morgan fingerprint density at radius 2 is 1.68 bits per heavy atom. The van der Waals surface area contributed by atoms with Gasteiger partial charge in [0, 0.05) is 36.1 Å². The number of anilines is 2. The van der Waals surface area contributed by atoms with E-state index < -0.39 is 11.7 Å². The smallest absolute Gasteiger partial charge is 0.371 e. The quantitative estimate of drug-likeness (QED) is 0.400. The molecule has 0 amide bonds. The van der Waals surface area contributed by atoms with Gasteiger partial charge in [0.2, 0.25) is 0 Å². The topological polar surface area (TPSA) is 44.3 Å². The number of likely N-dealkylation sites (tertiary alicyclic amines) is 1. The van der Waals surface area contributed by atoms with Crippen LogP contribution in [0, 0.1) is 19.3 Å². The highest BCUT2D eigenvalue weighted by molar-refractivity contribution is 5.95. The van der Waals surface area contributed by atoms with Crippen LogP contribution in [-0.2, 0) is 6.18 Å². The van der Waals surface area contributed by atoms with E-state index in [4.69, 9.17) is 0 Å². The Balaban J connectivity index is 0.00000320. The normalized spacial score (nSPS) is 18.7. The number of nitrogens with zero attached hydrogens (tertiary/aromatic N) is 4. The predicted molar refractivity (Wildman–Crippen MR) is 146 cm³/mol. The number of alkyl halides is 3. The minimum atomic E-state index is -4.38. The number of aryl methyl sites for hydroxylation is 1. The highest BCUT2D eigenvalue weighted by Gasteiger charge is 2.39. The Hall–Kier alpha value is -2.58. The number of fused-ring (bicyclic) bond motifs is 1. The number of piperidine rings is 1. The van der Waals surface area contributed by atoms with Gasteiger partial charge in [0.05, 0.1) is 17.3 Å². The average molecular weight is 534 g/mol. The third kappa shape index (κ3) is 5.36. The summed E-state index contributed by atoms with van der Waals surface area (Å²) in [4.78, 5) is 4.89. The number of benzene rings is 2. The summed E-state index contributed by atoms with van der Waals surface area (Å²) in [7, 11) is 2.21. The van der Waals surface area contributed by atoms with E-state index in [0.29, 0.717) is 16.8 Å². The van der Waals surface area contributed by atoms with E-state index in [0.717, 1.165) is 41.3 Å². The fraction of sp³-hybridized carbons (Fsp3) is 0.500. The summed E-state index contributed by atoms with van der Waals surface area (Å²) in [5.74, 6) is 0.590. The average Bonchev–Trinajstić information content (AvgIpc) is 3.20. The number of hydrogen-bond donors (Lipinski definition) is 1. The molecule has 3 aromatic rings. The molecule has 0 radical (unpaired) electrons. The summed E-state index contributed by atoms with van der Waals surface area (Å²) in [6.45, 7) is 9.75. The minimum Gasteiger partial charge on any atom is -0.371 e. The number of hydrogen-bond acceptors (Lipinski definition) is 5. The van der Waals surface area contributed by atoms with Crippen LogP contribution in [0.15, 0.2) is 36.4 Å². The molecule has 5 nitrogen and oxygen atoms in total. The zero-order chi connectivity index (χ0) is 25.7. The zero-order valence-corrected chi connectivity index (χ0v) is 22.6. The third-order valence-electron chi connectivity index (χ3n) is 8.27. The van der Waals surface area contributed by atoms with Crippen molar-refractivity contribution in [3.8, 4) is 0 Å². The van der Waals surface area contributed by atoms with Crippen molar-refractivity contribution in [2.75, 3.05) is 43.4 Å². The van der Waals surface area contributed by atoms with Crippen LogP contribution >= 0.6 is 12.4 Å². The molecule has 2 aliphatic heterocycles. The molecule has 1 atom stereocenters. The van der Waals surface area contributed by atoms with Gasteiger partial charge in [-0.3, -0.25) is 0 Å². The highest BCUT2D eigenvalue weighted by atomic mass is 35.5. The monoisotopic (exact) mass is 533 g/mol. The molecule has 1 spiro atoms. The summed E-state index contributed by atoms with van der Waals surface area (Å²) in [5.41, 5.74) is 2.66. The van der Waals surface area contributed by atoms with Gasteiger partial charge in [-0.2, -0.15) is 18.3 Å². The van der Waals surface area contributed by atoms with Crippen LogP contribution in [0.2, 0.25) is 0 Å². The Morgan fingerprint density at radius 3 is 2.32 bits per heavy atom. The van der Waals surface area contributed by atoms with Gasteiger partial charge in [-0.15, -0.1) is 17.5 Å². The van der Waals surface area contributed by atoms with Crippen LogP contribution in [0.5, 0.6) is 0 Å². The Labute approximate surface area is 222 Å². The van der Waals surface area contributed by atoms with Crippen LogP contribution in [0.3, 0.4) is 0 Å². The van der Waals surface area contributed by atoms with Gasteiger partial charge in [0.25, 0.3) is 0 Å². The van der Waals surface area contributed by atoms with E-state index in [2.05, 4.69) is 50.6 Å². The van der Waals surface area contributed by atoms with Crippen LogP contribution in [0.4, 0.5) is 24.7 Å². The maximum absolute atomic E-state index is 13.5. The second-order valence-electron chi connectivity index (χ2n) is 10.7. The van der Waals surface area contributed by atoms with Crippen molar-refractivity contribution in [3.05, 3.63) is 58.8 Å². The molecule has 1 aromatic heterocycles. The minimum absolute atomic E-state index is 0. The maximum Gasteiger partial charge on any atom is 0.416 e. The molecule has 37 heavy (non-hydrogen) atoms. The predicted octanol–water partition coefficient (Wildman–Crippen LogP) is 6.78. The second-order valence-corrected chi connectivity index (χ2v) is 10.7. The van der Waals surface area contributed by atoms with E-state index >= 15 is 0 Å². The molecule has 5 rings (SSSR count). The highest BCUT2D eigenvalue weighted by Crippen LogP contribution is 2.41. The molecule has 3 heterocycles. The van der Waals surface area contributed by atoms with Crippen molar-refractivity contribution >= 4 is 34.7 Å². The first-order valence-corrected chi connectivity index (χ1v) is 12.7. The van der Waals surface area contributed by atoms with Gasteiger partial charge in [0.15, 0.2) is 5.82 Å². The van der Waals surface area contributed by atoms with Gasteiger partial charge in [-0.1, -0.05) is 18.2 Å². The van der Waals surface area contributed by atoms with Gasteiger partial charge in [0.1, 0.15) is 0 Å². The van der Waals surface area contributed by atoms with E-state index in [9.17, 15) is 13.2 Å². The van der Waals surface area contributed by atoms with Crippen molar-refractivity contribution in [2.24, 2.45) is 5.41 Å². The Morgan fingerprint density at radius 1 is 0.973 bits per heavy atom. The first-order valence-electron chi connectivity index (χ1n) is 12.7. The molecule has 0 bridgehead atoms. The number of aromatic nitrogens is 2. The zero-order valence-electron chi connectivity index (χ0n) is 21.8. The molecule has 0 aliphatic carbocycles. The van der Waals surface area contributed by atoms with Gasteiger partial charge in [-0.25, -0.2) is 0 Å². The Kier molecular flexibility index (Phi) is 7.64. The summed E-state index contributed by atoms with van der Waals surface area (Å²) >= 11 is 0. The van der Waals surface area contributed by atoms with Gasteiger partial charge >= 0.3 is 6.18 Å². The molecule has 2 fully saturated rings. The Bertz CT molecular complexity index is 1270. The van der Waals surface area contributed by atoms with Gasteiger partial charge in [-0.05, 0) is 88.4 Å². The number of nitrogens with one attached hydrogen (secondary N) is 1. The third-order valence-corrected chi connectivity index (χ3v) is 8.27. The lowest BCUT2D eigenvalue weighted by Gasteiger charge is -2.40. The van der Waals surface area contributed by atoms with E-state index in [1.807, 2.05) is 13.8 Å². The molecule has 1 unspecified atom stereocenters. The van der Waals surface area contributed by atoms with Crippen LogP contribution in [0.25, 0.3) is 10.8 Å². The summed E-state index contributed by atoms with van der Waals surface area (Å²) in [5, 5.41) is 14.0. The van der Waals surface area contributed by atoms with Crippen molar-refractivity contribution in [2.45, 2.75) is 52.3 Å². The molecule has 2 aliphatic rings. The standard InChI is InChI=1S/C28H34F3N5.ClH/c1-18-22(6-5-7-25(18)28(29,30)31)19(2)32-26-24-16-21(8-9-23(24)20(3)33-34-26)36-14-11-27(12-15-36)10-13-35(4)17-27;/h5-9,16,19H,10-15,17H2,1-4H3,(H,32,34);1H. The molecular formula is C28H35ClF3N5. The largest absolute Gasteiger partial charge is 0.416 e.